The average Bonchev–Trinajstić information content (AvgIpc) is 1.21. The third-order valence-electron chi connectivity index (χ3n) is 0.452. The fourth-order valence-electron chi connectivity index (χ4n) is 0.305. The molecule has 0 spiro atoms. The number of halogens is 2. The molecule has 0 aliphatic rings. The van der Waals surface area contributed by atoms with Crippen LogP contribution in [-0.2, 0) is 10.1 Å². The van der Waals surface area contributed by atoms with Crippen LogP contribution in [0.3, 0.4) is 0 Å². The van der Waals surface area contributed by atoms with Crippen LogP contribution in [0.15, 0.2) is 0 Å². The second kappa shape index (κ2) is 9.31. The molecule has 11 heavy (non-hydrogen) atoms. The van der Waals surface area contributed by atoms with Gasteiger partial charge in [-0.25, -0.2) is 0 Å². The molecule has 0 saturated heterocycles. The van der Waals surface area contributed by atoms with E-state index in [-0.39, 0.29) is 47.9 Å². The first-order chi connectivity index (χ1) is 3.42. The van der Waals surface area contributed by atoms with Crippen molar-refractivity contribution in [1.82, 2.24) is 0 Å². The quantitative estimate of drug-likeness (QED) is 0.368. The minimum absolute atomic E-state index is 0. The van der Waals surface area contributed by atoms with Gasteiger partial charge in [0.25, 0.3) is 10.1 Å². The molecular weight excluding hydrogens is 227 g/mol. The molecule has 0 heterocycles. The van der Waals surface area contributed by atoms with Crippen molar-refractivity contribution in [3.63, 3.8) is 0 Å². The van der Waals surface area contributed by atoms with E-state index >= 15 is 0 Å². The summed E-state index contributed by atoms with van der Waals surface area (Å²) >= 11 is 0. The summed E-state index contributed by atoms with van der Waals surface area (Å²) in [5, 5.41) is 8.35. The third kappa shape index (κ3) is 24.7. The Balaban J connectivity index is -0.0000000817. The Hall–Kier alpha value is 1.22. The van der Waals surface area contributed by atoms with Gasteiger partial charge < -0.3 is 29.9 Å². The van der Waals surface area contributed by atoms with E-state index < -0.39 is 22.0 Å². The smallest absolute Gasteiger partial charge is 1.00 e. The van der Waals surface area contributed by atoms with Crippen molar-refractivity contribution in [3.8, 4) is 0 Å². The molecule has 0 aromatic carbocycles. The second-order valence-electron chi connectivity index (χ2n) is 1.60. The fraction of sp³-hybridized carbons (Fsp3) is 1.00. The van der Waals surface area contributed by atoms with Crippen molar-refractivity contribution in [3.05, 3.63) is 0 Å². The maximum Gasteiger partial charge on any atom is 2.00 e. The van der Waals surface area contributed by atoms with Crippen LogP contribution < -0.4 is 24.8 Å². The van der Waals surface area contributed by atoms with Crippen LogP contribution >= 0.6 is 0 Å². The van der Waals surface area contributed by atoms with E-state index in [2.05, 4.69) is 0 Å². The fourth-order valence-corrected chi connectivity index (χ4v) is 0.914. The van der Waals surface area contributed by atoms with Gasteiger partial charge in [-0.15, -0.1) is 0 Å². The summed E-state index contributed by atoms with van der Waals surface area (Å²) in [6.45, 7) is 1.29. The molecule has 1 unspecified atom stereocenters. The van der Waals surface area contributed by atoms with Gasteiger partial charge in [-0.05, 0) is 6.92 Å². The van der Waals surface area contributed by atoms with E-state index in [0.29, 0.717) is 0 Å². The first-order valence-electron chi connectivity index (χ1n) is 2.05. The van der Waals surface area contributed by atoms with Crippen LogP contribution in [-0.4, -0.2) is 53.0 Å². The van der Waals surface area contributed by atoms with Crippen LogP contribution in [0.2, 0.25) is 0 Å². The van der Waals surface area contributed by atoms with Crippen molar-refractivity contribution in [1.29, 1.82) is 0 Å². The van der Waals surface area contributed by atoms with Crippen LogP contribution in [0.25, 0.3) is 0 Å². The zero-order valence-corrected chi connectivity index (χ0v) is 9.61. The molecule has 0 fully saturated rings. The zero-order valence-electron chi connectivity index (χ0n) is 5.87. The zero-order chi connectivity index (χ0) is 6.78. The first-order valence-corrected chi connectivity index (χ1v) is 3.66. The summed E-state index contributed by atoms with van der Waals surface area (Å²) < 4.78 is 27.7. The first kappa shape index (κ1) is 22.8. The minimum atomic E-state index is -3.97. The molecule has 4 nitrogen and oxygen atoms in total. The second-order valence-corrected chi connectivity index (χ2v) is 3.09. The molecule has 0 aromatic rings. The van der Waals surface area contributed by atoms with E-state index in [1.807, 2.05) is 0 Å². The summed E-state index contributed by atoms with van der Waals surface area (Å²) in [4.78, 5) is 0. The molecule has 0 aliphatic carbocycles. The molecule has 0 aliphatic heterocycles. The summed E-state index contributed by atoms with van der Waals surface area (Å²) in [7, 11) is -3.97. The Bertz CT molecular complexity index is 157. The van der Waals surface area contributed by atoms with Crippen LogP contribution in [0.1, 0.15) is 6.92 Å². The summed E-state index contributed by atoms with van der Waals surface area (Å²) in [5.74, 6) is -0.590. The molecule has 0 amide bonds. The topological polar surface area (TPSA) is 74.6 Å². The van der Waals surface area contributed by atoms with Crippen molar-refractivity contribution in [2.45, 2.75) is 13.0 Å². The normalized spacial score (nSPS) is 11.5. The summed E-state index contributed by atoms with van der Waals surface area (Å²) in [6.07, 6.45) is -0.995. The largest absolute Gasteiger partial charge is 2.00 e. The maximum atomic E-state index is 9.84. The number of hydrogen-bond donors (Lipinski definition) is 2. The number of aliphatic hydroxyl groups is 1. The van der Waals surface area contributed by atoms with E-state index in [9.17, 15) is 8.42 Å². The molecule has 0 aromatic heterocycles. The van der Waals surface area contributed by atoms with Gasteiger partial charge in [-0.1, -0.05) is 0 Å². The van der Waals surface area contributed by atoms with E-state index in [1.54, 1.807) is 0 Å². The molecule has 66 valence electrons. The van der Waals surface area contributed by atoms with E-state index in [4.69, 9.17) is 9.66 Å². The third-order valence-corrected chi connectivity index (χ3v) is 1.36. The molecule has 0 rings (SSSR count). The summed E-state index contributed by atoms with van der Waals surface area (Å²) in [5.41, 5.74) is 0. The van der Waals surface area contributed by atoms with Gasteiger partial charge in [0, 0.05) is 0 Å². The Labute approximate surface area is 94.5 Å². The Morgan fingerprint density at radius 2 is 1.64 bits per heavy atom. The number of aliphatic hydroxyl groups excluding tert-OH is 1. The van der Waals surface area contributed by atoms with Gasteiger partial charge in [0.05, 0.1) is 6.10 Å². The van der Waals surface area contributed by atoms with Crippen LogP contribution in [0, 0.1) is 0 Å². The molecule has 1 atom stereocenters. The van der Waals surface area contributed by atoms with Gasteiger partial charge in [0.1, 0.15) is 5.75 Å². The van der Waals surface area contributed by atoms with Crippen molar-refractivity contribution in [2.24, 2.45) is 0 Å². The molecule has 0 radical (unpaired) electrons. The van der Waals surface area contributed by atoms with Crippen molar-refractivity contribution in [2.75, 3.05) is 5.75 Å². The summed E-state index contributed by atoms with van der Waals surface area (Å²) in [6, 6.07) is 0. The number of rotatable bonds is 2. The Morgan fingerprint density at radius 3 is 1.64 bits per heavy atom. The average molecular weight is 235 g/mol. The SMILES string of the molecule is CC(O)CS(=O)(=O)O.[Cl-].[Cl-].[Mg+2]. The van der Waals surface area contributed by atoms with E-state index in [1.165, 1.54) is 6.92 Å². The van der Waals surface area contributed by atoms with Gasteiger partial charge in [0.2, 0.25) is 0 Å². The number of hydrogen-bond acceptors (Lipinski definition) is 3. The maximum absolute atomic E-state index is 9.84. The molecular formula is C3H8Cl2MgO4S. The van der Waals surface area contributed by atoms with E-state index in [0.717, 1.165) is 0 Å². The van der Waals surface area contributed by atoms with Gasteiger partial charge >= 0.3 is 23.1 Å². The van der Waals surface area contributed by atoms with Gasteiger partial charge in [0.15, 0.2) is 0 Å². The van der Waals surface area contributed by atoms with Gasteiger partial charge in [-0.3, -0.25) is 4.55 Å². The van der Waals surface area contributed by atoms with Crippen LogP contribution in [0.5, 0.6) is 0 Å². The molecule has 2 N–H and O–H groups in total. The molecule has 8 heteroatoms. The minimum Gasteiger partial charge on any atom is -1.00 e. The van der Waals surface area contributed by atoms with Gasteiger partial charge in [-0.2, -0.15) is 8.42 Å². The van der Waals surface area contributed by atoms with Crippen molar-refractivity contribution >= 4 is 33.2 Å². The Morgan fingerprint density at radius 1 is 1.36 bits per heavy atom. The monoisotopic (exact) mass is 234 g/mol. The molecule has 0 saturated carbocycles. The predicted molar refractivity (Wildman–Crippen MR) is 33.9 cm³/mol. The predicted octanol–water partition coefficient (Wildman–Crippen LogP) is -7.12. The Kier molecular flexibility index (Phi) is 19.3. The molecule has 0 bridgehead atoms. The van der Waals surface area contributed by atoms with Crippen LogP contribution in [0.4, 0.5) is 0 Å². The standard InChI is InChI=1S/C3H8O4S.2ClH.Mg/c1-3(4)2-8(5,6)7;;;/h3-4H,2H2,1H3,(H,5,6,7);2*1H;/q;;;+2/p-2. The van der Waals surface area contributed by atoms with Crippen molar-refractivity contribution < 1.29 is 42.9 Å².